The number of phenolic OH excluding ortho intramolecular Hbond substituents is 1. The van der Waals surface area contributed by atoms with Crippen molar-refractivity contribution in [3.63, 3.8) is 0 Å². The molecule has 0 amide bonds. The predicted octanol–water partition coefficient (Wildman–Crippen LogP) is 3.67. The van der Waals surface area contributed by atoms with Crippen molar-refractivity contribution >= 4 is 0 Å². The molecule has 0 unspecified atom stereocenters. The fourth-order valence-electron chi connectivity index (χ4n) is 3.29. The van der Waals surface area contributed by atoms with Gasteiger partial charge in [-0.3, -0.25) is 4.90 Å². The first kappa shape index (κ1) is 16.0. The van der Waals surface area contributed by atoms with Crippen LogP contribution >= 0.6 is 0 Å². The van der Waals surface area contributed by atoms with Crippen LogP contribution in [0.15, 0.2) is 28.7 Å². The number of nitrogens with zero attached hydrogens (tertiary/aromatic N) is 3. The van der Waals surface area contributed by atoms with E-state index in [1.54, 1.807) is 6.07 Å². The van der Waals surface area contributed by atoms with Crippen LogP contribution in [-0.4, -0.2) is 26.2 Å². The lowest BCUT2D eigenvalue weighted by Gasteiger charge is -2.33. The molecule has 2 aromatic rings. The third-order valence-electron chi connectivity index (χ3n) is 4.61. The van der Waals surface area contributed by atoms with Crippen molar-refractivity contribution in [1.29, 1.82) is 0 Å². The molecular formula is C18H25N3O2. The van der Waals surface area contributed by atoms with E-state index >= 15 is 0 Å². The molecule has 1 fully saturated rings. The molecule has 0 atom stereocenters. The first-order chi connectivity index (χ1) is 11.3. The van der Waals surface area contributed by atoms with Crippen LogP contribution in [0, 0.1) is 0 Å². The summed E-state index contributed by atoms with van der Waals surface area (Å²) in [6.07, 6.45) is 7.01. The molecule has 1 N–H and O–H groups in total. The average molecular weight is 315 g/mol. The summed E-state index contributed by atoms with van der Waals surface area (Å²) in [5.74, 6) is 1.71. The largest absolute Gasteiger partial charge is 0.508 e. The number of aromatic nitrogens is 2. The molecule has 1 aliphatic carbocycles. The van der Waals surface area contributed by atoms with Crippen molar-refractivity contribution in [3.05, 3.63) is 41.6 Å². The summed E-state index contributed by atoms with van der Waals surface area (Å²) in [4.78, 5) is 2.38. The maximum Gasteiger partial charge on any atom is 0.230 e. The number of rotatable bonds is 6. The molecule has 124 valence electrons. The minimum Gasteiger partial charge on any atom is -0.508 e. The van der Waals surface area contributed by atoms with E-state index in [1.165, 1.54) is 32.1 Å². The standard InChI is InChI=1S/C18H25N3O2/c1-2-17-19-20-18(23-17)13-21(15-9-4-3-5-10-15)12-14-8-6-7-11-16(14)22/h6-8,11,15,22H,2-5,9-10,12-13H2,1H3. The first-order valence-corrected chi connectivity index (χ1v) is 8.58. The van der Waals surface area contributed by atoms with Gasteiger partial charge in [0, 0.05) is 24.6 Å². The Balaban J connectivity index is 1.76. The number of para-hydroxylation sites is 1. The monoisotopic (exact) mass is 315 g/mol. The van der Waals surface area contributed by atoms with E-state index in [1.807, 2.05) is 25.1 Å². The Kier molecular flexibility index (Phi) is 5.28. The Hall–Kier alpha value is -1.88. The van der Waals surface area contributed by atoms with E-state index in [4.69, 9.17) is 4.42 Å². The van der Waals surface area contributed by atoms with Gasteiger partial charge in [0.05, 0.1) is 6.54 Å². The summed E-state index contributed by atoms with van der Waals surface area (Å²) in [7, 11) is 0. The van der Waals surface area contributed by atoms with Gasteiger partial charge in [-0.25, -0.2) is 0 Å². The van der Waals surface area contributed by atoms with Crippen LogP contribution in [-0.2, 0) is 19.5 Å². The maximum atomic E-state index is 10.1. The van der Waals surface area contributed by atoms with Crippen molar-refractivity contribution in [2.24, 2.45) is 0 Å². The number of benzene rings is 1. The molecule has 3 rings (SSSR count). The lowest BCUT2D eigenvalue weighted by Crippen LogP contribution is -2.36. The van der Waals surface area contributed by atoms with E-state index in [9.17, 15) is 5.11 Å². The summed E-state index contributed by atoms with van der Waals surface area (Å²) in [5.41, 5.74) is 0.952. The maximum absolute atomic E-state index is 10.1. The van der Waals surface area contributed by atoms with Crippen molar-refractivity contribution in [3.8, 4) is 5.75 Å². The van der Waals surface area contributed by atoms with Gasteiger partial charge in [0.15, 0.2) is 0 Å². The smallest absolute Gasteiger partial charge is 0.230 e. The topological polar surface area (TPSA) is 62.4 Å². The van der Waals surface area contributed by atoms with Crippen molar-refractivity contribution < 1.29 is 9.52 Å². The fourth-order valence-corrected chi connectivity index (χ4v) is 3.29. The van der Waals surface area contributed by atoms with Crippen LogP contribution in [0.1, 0.15) is 56.4 Å². The van der Waals surface area contributed by atoms with Crippen LogP contribution in [0.25, 0.3) is 0 Å². The quantitative estimate of drug-likeness (QED) is 0.881. The highest BCUT2D eigenvalue weighted by Crippen LogP contribution is 2.27. The minimum absolute atomic E-state index is 0.355. The molecule has 1 aromatic carbocycles. The summed E-state index contributed by atoms with van der Waals surface area (Å²) in [6.45, 7) is 3.37. The summed E-state index contributed by atoms with van der Waals surface area (Å²) in [6, 6.07) is 8.07. The number of phenols is 1. The highest BCUT2D eigenvalue weighted by Gasteiger charge is 2.24. The van der Waals surface area contributed by atoms with Crippen molar-refractivity contribution in [1.82, 2.24) is 15.1 Å². The SMILES string of the molecule is CCc1nnc(CN(Cc2ccccc2O)C2CCCCC2)o1. The lowest BCUT2D eigenvalue weighted by molar-refractivity contribution is 0.126. The Labute approximate surface area is 137 Å². The number of hydrogen-bond donors (Lipinski definition) is 1. The van der Waals surface area contributed by atoms with Crippen LogP contribution in [0.3, 0.4) is 0 Å². The van der Waals surface area contributed by atoms with Gasteiger partial charge in [-0.1, -0.05) is 44.4 Å². The molecule has 1 saturated carbocycles. The van der Waals surface area contributed by atoms with Gasteiger partial charge in [-0.15, -0.1) is 10.2 Å². The van der Waals surface area contributed by atoms with Gasteiger partial charge in [0.2, 0.25) is 11.8 Å². The van der Waals surface area contributed by atoms with Gasteiger partial charge < -0.3 is 9.52 Å². The van der Waals surface area contributed by atoms with Crippen molar-refractivity contribution in [2.45, 2.75) is 64.6 Å². The summed E-state index contributed by atoms with van der Waals surface area (Å²) in [5, 5.41) is 18.3. The molecule has 0 spiro atoms. The first-order valence-electron chi connectivity index (χ1n) is 8.58. The second kappa shape index (κ2) is 7.59. The third kappa shape index (κ3) is 4.10. The second-order valence-corrected chi connectivity index (χ2v) is 6.27. The lowest BCUT2D eigenvalue weighted by atomic mass is 9.93. The molecule has 1 heterocycles. The number of hydrogen-bond acceptors (Lipinski definition) is 5. The zero-order valence-electron chi connectivity index (χ0n) is 13.7. The van der Waals surface area contributed by atoms with Crippen LogP contribution in [0.4, 0.5) is 0 Å². The Morgan fingerprint density at radius 1 is 1.09 bits per heavy atom. The van der Waals surface area contributed by atoms with Gasteiger partial charge in [0.1, 0.15) is 5.75 Å². The van der Waals surface area contributed by atoms with Gasteiger partial charge in [-0.2, -0.15) is 0 Å². The van der Waals surface area contributed by atoms with Gasteiger partial charge in [-0.05, 0) is 18.9 Å². The normalized spacial score (nSPS) is 16.1. The van der Waals surface area contributed by atoms with E-state index in [2.05, 4.69) is 15.1 Å². The number of aromatic hydroxyl groups is 1. The van der Waals surface area contributed by atoms with E-state index in [0.29, 0.717) is 36.7 Å². The Morgan fingerprint density at radius 3 is 2.52 bits per heavy atom. The van der Waals surface area contributed by atoms with E-state index in [0.717, 1.165) is 12.0 Å². The Morgan fingerprint density at radius 2 is 1.83 bits per heavy atom. The van der Waals surface area contributed by atoms with Crippen molar-refractivity contribution in [2.75, 3.05) is 0 Å². The molecule has 0 aliphatic heterocycles. The Bertz CT molecular complexity index is 620. The van der Waals surface area contributed by atoms with Gasteiger partial charge in [0.25, 0.3) is 0 Å². The minimum atomic E-state index is 0.355. The third-order valence-corrected chi connectivity index (χ3v) is 4.61. The molecule has 1 aliphatic rings. The molecule has 0 radical (unpaired) electrons. The zero-order valence-corrected chi connectivity index (χ0v) is 13.7. The van der Waals surface area contributed by atoms with Gasteiger partial charge >= 0.3 is 0 Å². The molecule has 5 nitrogen and oxygen atoms in total. The molecule has 1 aromatic heterocycles. The van der Waals surface area contributed by atoms with E-state index < -0.39 is 0 Å². The van der Waals surface area contributed by atoms with Crippen LogP contribution in [0.5, 0.6) is 5.75 Å². The van der Waals surface area contributed by atoms with Crippen LogP contribution < -0.4 is 0 Å². The zero-order chi connectivity index (χ0) is 16.1. The molecular weight excluding hydrogens is 290 g/mol. The molecule has 23 heavy (non-hydrogen) atoms. The summed E-state index contributed by atoms with van der Waals surface area (Å²) >= 11 is 0. The summed E-state index contributed by atoms with van der Waals surface area (Å²) < 4.78 is 5.70. The second-order valence-electron chi connectivity index (χ2n) is 6.27. The highest BCUT2D eigenvalue weighted by atomic mass is 16.4. The molecule has 5 heteroatoms. The molecule has 0 saturated heterocycles. The predicted molar refractivity (Wildman–Crippen MR) is 87.9 cm³/mol. The fraction of sp³-hybridized carbons (Fsp3) is 0.556. The number of aryl methyl sites for hydroxylation is 1. The van der Waals surface area contributed by atoms with Crippen LogP contribution in [0.2, 0.25) is 0 Å². The highest BCUT2D eigenvalue weighted by molar-refractivity contribution is 5.31. The van der Waals surface area contributed by atoms with E-state index in [-0.39, 0.29) is 0 Å². The average Bonchev–Trinajstić information content (AvgIpc) is 3.05. The molecule has 0 bridgehead atoms.